The molecule has 1 N–H and O–H groups in total. The minimum atomic E-state index is -0.529. The first kappa shape index (κ1) is 19.2. The Hall–Kier alpha value is -2.11. The molecule has 3 saturated carbocycles. The SMILES string of the molecule is CC[C@H]1C[C@H](Oc2cc(C(=O)N[C@@H]3[C@@H]4CC[C@@H](C4)[C@@H]3C=O)c(OC)cc2F)C1. The van der Waals surface area contributed by atoms with Crippen LogP contribution < -0.4 is 14.8 Å². The Bertz CT molecular complexity index is 761. The maximum absolute atomic E-state index is 14.4. The standard InChI is InChI=1S/C22H28FNO4/c1-3-12-6-15(7-12)28-20-9-16(19(27-2)10-18(20)23)22(26)24-21-14-5-4-13(8-14)17(21)11-25/h9-15,17,21H,3-8H2,1-2H3,(H,24,26)/t12-,13-,14+,15-,17-,21+/m0/s1. The van der Waals surface area contributed by atoms with Crippen molar-refractivity contribution in [1.82, 2.24) is 5.32 Å². The first-order valence-electron chi connectivity index (χ1n) is 10.3. The lowest BCUT2D eigenvalue weighted by atomic mass is 9.80. The normalized spacial score (nSPS) is 33.2. The number of carbonyl (C=O) groups excluding carboxylic acids is 2. The van der Waals surface area contributed by atoms with Crippen molar-refractivity contribution in [2.45, 2.75) is 57.6 Å². The summed E-state index contributed by atoms with van der Waals surface area (Å²) in [5, 5.41) is 3.02. The summed E-state index contributed by atoms with van der Waals surface area (Å²) in [5.41, 5.74) is 0.248. The number of fused-ring (bicyclic) bond motifs is 2. The second-order valence-electron chi connectivity index (χ2n) is 8.51. The molecule has 1 aromatic rings. The van der Waals surface area contributed by atoms with E-state index in [0.29, 0.717) is 17.8 Å². The van der Waals surface area contributed by atoms with E-state index >= 15 is 0 Å². The summed E-state index contributed by atoms with van der Waals surface area (Å²) in [7, 11) is 1.41. The number of hydrogen-bond acceptors (Lipinski definition) is 4. The molecule has 4 rings (SSSR count). The molecule has 4 atom stereocenters. The quantitative estimate of drug-likeness (QED) is 0.722. The summed E-state index contributed by atoms with van der Waals surface area (Å²) in [6.07, 6.45) is 6.97. The van der Waals surface area contributed by atoms with Crippen LogP contribution in [0.4, 0.5) is 4.39 Å². The number of ether oxygens (including phenoxy) is 2. The molecule has 0 spiro atoms. The van der Waals surface area contributed by atoms with Crippen molar-refractivity contribution in [3.05, 3.63) is 23.5 Å². The Morgan fingerprint density at radius 3 is 2.64 bits per heavy atom. The van der Waals surface area contributed by atoms with Gasteiger partial charge in [0.15, 0.2) is 11.6 Å². The Kier molecular flexibility index (Phi) is 5.30. The van der Waals surface area contributed by atoms with Gasteiger partial charge in [-0.2, -0.15) is 0 Å². The Labute approximate surface area is 165 Å². The summed E-state index contributed by atoms with van der Waals surface area (Å²) in [6, 6.07) is 2.49. The van der Waals surface area contributed by atoms with E-state index in [1.54, 1.807) is 0 Å². The lowest BCUT2D eigenvalue weighted by Gasteiger charge is -2.35. The lowest BCUT2D eigenvalue weighted by Crippen LogP contribution is -2.44. The fourth-order valence-electron chi connectivity index (χ4n) is 5.23. The molecule has 1 amide bonds. The molecule has 0 unspecified atom stereocenters. The maximum Gasteiger partial charge on any atom is 0.255 e. The minimum Gasteiger partial charge on any atom is -0.496 e. The maximum atomic E-state index is 14.4. The van der Waals surface area contributed by atoms with Gasteiger partial charge in [0.2, 0.25) is 0 Å². The highest BCUT2D eigenvalue weighted by Crippen LogP contribution is 2.48. The zero-order valence-electron chi connectivity index (χ0n) is 16.4. The Balaban J connectivity index is 1.51. The first-order valence-corrected chi connectivity index (χ1v) is 10.3. The van der Waals surface area contributed by atoms with Crippen molar-refractivity contribution < 1.29 is 23.5 Å². The van der Waals surface area contributed by atoms with Crippen molar-refractivity contribution in [1.29, 1.82) is 0 Å². The van der Waals surface area contributed by atoms with Gasteiger partial charge in [-0.05, 0) is 55.9 Å². The molecule has 0 radical (unpaired) electrons. The number of carbonyl (C=O) groups is 2. The van der Waals surface area contributed by atoms with E-state index in [-0.39, 0.29) is 41.0 Å². The summed E-state index contributed by atoms with van der Waals surface area (Å²) in [4.78, 5) is 24.5. The minimum absolute atomic E-state index is 0.00577. The number of aldehydes is 1. The van der Waals surface area contributed by atoms with Crippen molar-refractivity contribution in [2.75, 3.05) is 7.11 Å². The topological polar surface area (TPSA) is 64.6 Å². The highest BCUT2D eigenvalue weighted by Gasteiger charge is 2.48. The third-order valence-corrected chi connectivity index (χ3v) is 7.00. The molecule has 0 heterocycles. The highest BCUT2D eigenvalue weighted by molar-refractivity contribution is 5.97. The van der Waals surface area contributed by atoms with Gasteiger partial charge in [0.05, 0.1) is 18.8 Å². The van der Waals surface area contributed by atoms with Gasteiger partial charge >= 0.3 is 0 Å². The lowest BCUT2D eigenvalue weighted by molar-refractivity contribution is -0.113. The van der Waals surface area contributed by atoms with E-state index in [9.17, 15) is 14.0 Å². The van der Waals surface area contributed by atoms with Crippen molar-refractivity contribution >= 4 is 12.2 Å². The number of hydrogen-bond donors (Lipinski definition) is 1. The van der Waals surface area contributed by atoms with Crippen molar-refractivity contribution in [3.63, 3.8) is 0 Å². The van der Waals surface area contributed by atoms with E-state index in [4.69, 9.17) is 9.47 Å². The number of nitrogens with one attached hydrogen (secondary N) is 1. The van der Waals surface area contributed by atoms with E-state index < -0.39 is 5.82 Å². The average Bonchev–Trinajstić information content (AvgIpc) is 3.26. The first-order chi connectivity index (χ1) is 13.5. The van der Waals surface area contributed by atoms with Gasteiger partial charge in [-0.25, -0.2) is 4.39 Å². The smallest absolute Gasteiger partial charge is 0.255 e. The fraction of sp³-hybridized carbons (Fsp3) is 0.636. The van der Waals surface area contributed by atoms with Gasteiger partial charge in [0, 0.05) is 18.0 Å². The number of benzene rings is 1. The number of rotatable bonds is 7. The average molecular weight is 389 g/mol. The second kappa shape index (κ2) is 7.72. The molecule has 3 fully saturated rings. The molecule has 0 aromatic heterocycles. The third kappa shape index (κ3) is 3.38. The highest BCUT2D eigenvalue weighted by atomic mass is 19.1. The van der Waals surface area contributed by atoms with E-state index in [2.05, 4.69) is 12.2 Å². The van der Waals surface area contributed by atoms with Crippen LogP contribution in [-0.2, 0) is 4.79 Å². The van der Waals surface area contributed by atoms with Crippen LogP contribution in [0.3, 0.4) is 0 Å². The molecule has 5 nitrogen and oxygen atoms in total. The van der Waals surface area contributed by atoms with Gasteiger partial charge in [0.1, 0.15) is 12.0 Å². The summed E-state index contributed by atoms with van der Waals surface area (Å²) >= 11 is 0. The molecule has 0 saturated heterocycles. The molecule has 28 heavy (non-hydrogen) atoms. The third-order valence-electron chi connectivity index (χ3n) is 7.00. The number of amides is 1. The molecule has 152 valence electrons. The van der Waals surface area contributed by atoms with Gasteiger partial charge < -0.3 is 19.6 Å². The van der Waals surface area contributed by atoms with Crippen LogP contribution >= 0.6 is 0 Å². The zero-order chi connectivity index (χ0) is 19.8. The Morgan fingerprint density at radius 1 is 1.21 bits per heavy atom. The van der Waals surface area contributed by atoms with Gasteiger partial charge in [-0.3, -0.25) is 4.79 Å². The summed E-state index contributed by atoms with van der Waals surface area (Å²) < 4.78 is 25.5. The predicted octanol–water partition coefficient (Wildman–Crippen LogP) is 3.75. The fourth-order valence-corrected chi connectivity index (χ4v) is 5.23. The van der Waals surface area contributed by atoms with Crippen LogP contribution in [0, 0.1) is 29.5 Å². The molecule has 2 bridgehead atoms. The second-order valence-corrected chi connectivity index (χ2v) is 8.51. The summed E-state index contributed by atoms with van der Waals surface area (Å²) in [5.74, 6) is 0.598. The zero-order valence-corrected chi connectivity index (χ0v) is 16.4. The predicted molar refractivity (Wildman–Crippen MR) is 102 cm³/mol. The van der Waals surface area contributed by atoms with Crippen molar-refractivity contribution in [2.24, 2.45) is 23.7 Å². The monoisotopic (exact) mass is 389 g/mol. The molecule has 1 aromatic carbocycles. The molecular weight excluding hydrogens is 361 g/mol. The molecular formula is C22H28FNO4. The van der Waals surface area contributed by atoms with Crippen LogP contribution in [0.25, 0.3) is 0 Å². The molecule has 0 aliphatic heterocycles. The molecule has 3 aliphatic rings. The van der Waals surface area contributed by atoms with E-state index in [0.717, 1.165) is 44.8 Å². The molecule has 6 heteroatoms. The van der Waals surface area contributed by atoms with Crippen LogP contribution in [0.1, 0.15) is 55.8 Å². The van der Waals surface area contributed by atoms with E-state index in [1.165, 1.54) is 19.2 Å². The van der Waals surface area contributed by atoms with Gasteiger partial charge in [0.25, 0.3) is 5.91 Å². The van der Waals surface area contributed by atoms with Gasteiger partial charge in [-0.1, -0.05) is 13.3 Å². The van der Waals surface area contributed by atoms with Crippen LogP contribution in [-0.4, -0.2) is 31.4 Å². The van der Waals surface area contributed by atoms with E-state index in [1.807, 2.05) is 0 Å². The van der Waals surface area contributed by atoms with Crippen LogP contribution in [0.5, 0.6) is 11.5 Å². The largest absolute Gasteiger partial charge is 0.496 e. The number of methoxy groups -OCH3 is 1. The number of halogens is 1. The van der Waals surface area contributed by atoms with Crippen molar-refractivity contribution in [3.8, 4) is 11.5 Å². The van der Waals surface area contributed by atoms with Crippen LogP contribution in [0.2, 0.25) is 0 Å². The van der Waals surface area contributed by atoms with Crippen LogP contribution in [0.15, 0.2) is 12.1 Å². The molecule has 3 aliphatic carbocycles. The Morgan fingerprint density at radius 2 is 1.96 bits per heavy atom. The summed E-state index contributed by atoms with van der Waals surface area (Å²) in [6.45, 7) is 2.14. The van der Waals surface area contributed by atoms with Gasteiger partial charge in [-0.15, -0.1) is 0 Å².